The van der Waals surface area contributed by atoms with Crippen molar-refractivity contribution >= 4 is 5.91 Å². The lowest BCUT2D eigenvalue weighted by atomic mass is 9.86. The van der Waals surface area contributed by atoms with E-state index in [2.05, 4.69) is 10.3 Å². The van der Waals surface area contributed by atoms with Crippen molar-refractivity contribution in [1.82, 2.24) is 10.3 Å². The van der Waals surface area contributed by atoms with Gasteiger partial charge in [-0.05, 0) is 31.4 Å². The van der Waals surface area contributed by atoms with Crippen LogP contribution in [-0.4, -0.2) is 24.0 Å². The van der Waals surface area contributed by atoms with Crippen LogP contribution >= 0.6 is 0 Å². The second kappa shape index (κ2) is 6.35. The van der Waals surface area contributed by atoms with Crippen LogP contribution in [0.5, 0.6) is 0 Å². The summed E-state index contributed by atoms with van der Waals surface area (Å²) < 4.78 is 0. The van der Waals surface area contributed by atoms with E-state index in [1.54, 1.807) is 6.20 Å². The molecule has 1 unspecified atom stereocenters. The van der Waals surface area contributed by atoms with Gasteiger partial charge in [-0.2, -0.15) is 0 Å². The molecule has 0 aliphatic heterocycles. The molecule has 0 fully saturated rings. The summed E-state index contributed by atoms with van der Waals surface area (Å²) in [5, 5.41) is 2.93. The summed E-state index contributed by atoms with van der Waals surface area (Å²) >= 11 is 0. The summed E-state index contributed by atoms with van der Waals surface area (Å²) in [6.45, 7) is 4.88. The van der Waals surface area contributed by atoms with E-state index in [4.69, 9.17) is 5.73 Å². The maximum absolute atomic E-state index is 11.9. The maximum atomic E-state index is 11.9. The maximum Gasteiger partial charge on any atom is 0.227 e. The standard InChI is InChI=1S/C13H21N3O/c1-3-13(2,10-14)12(17)16-8-6-11-5-4-7-15-9-11/h4-5,7,9H,3,6,8,10,14H2,1-2H3,(H,16,17). The highest BCUT2D eigenvalue weighted by atomic mass is 16.2. The molecule has 4 nitrogen and oxygen atoms in total. The van der Waals surface area contributed by atoms with E-state index in [1.165, 1.54) is 0 Å². The molecule has 1 heterocycles. The van der Waals surface area contributed by atoms with Gasteiger partial charge in [0.15, 0.2) is 0 Å². The van der Waals surface area contributed by atoms with Gasteiger partial charge in [0.05, 0.1) is 5.41 Å². The molecule has 0 aliphatic carbocycles. The summed E-state index contributed by atoms with van der Waals surface area (Å²) in [6.07, 6.45) is 5.10. The third-order valence-corrected chi connectivity index (χ3v) is 3.20. The zero-order valence-electron chi connectivity index (χ0n) is 10.6. The normalized spacial score (nSPS) is 14.1. The molecule has 1 aromatic rings. The van der Waals surface area contributed by atoms with Crippen LogP contribution in [0.25, 0.3) is 0 Å². The summed E-state index contributed by atoms with van der Waals surface area (Å²) in [4.78, 5) is 15.9. The Bertz CT molecular complexity index is 347. The van der Waals surface area contributed by atoms with E-state index in [1.807, 2.05) is 32.2 Å². The molecule has 94 valence electrons. The zero-order valence-corrected chi connectivity index (χ0v) is 10.6. The quantitative estimate of drug-likeness (QED) is 0.776. The first-order valence-electron chi connectivity index (χ1n) is 5.99. The molecule has 1 aromatic heterocycles. The third kappa shape index (κ3) is 3.82. The SMILES string of the molecule is CCC(C)(CN)C(=O)NCCc1cccnc1. The molecule has 17 heavy (non-hydrogen) atoms. The van der Waals surface area contributed by atoms with Gasteiger partial charge in [-0.15, -0.1) is 0 Å². The second-order valence-electron chi connectivity index (χ2n) is 4.49. The summed E-state index contributed by atoms with van der Waals surface area (Å²) in [7, 11) is 0. The Kier molecular flexibility index (Phi) is 5.10. The van der Waals surface area contributed by atoms with Crippen LogP contribution in [0.1, 0.15) is 25.8 Å². The molecule has 1 amide bonds. The molecular weight excluding hydrogens is 214 g/mol. The van der Waals surface area contributed by atoms with Crippen LogP contribution in [0.2, 0.25) is 0 Å². The lowest BCUT2D eigenvalue weighted by Gasteiger charge is -2.24. The molecule has 1 atom stereocenters. The minimum Gasteiger partial charge on any atom is -0.355 e. The smallest absolute Gasteiger partial charge is 0.227 e. The van der Waals surface area contributed by atoms with Crippen LogP contribution in [0.15, 0.2) is 24.5 Å². The molecule has 0 spiro atoms. The minimum absolute atomic E-state index is 0.0337. The van der Waals surface area contributed by atoms with Gasteiger partial charge >= 0.3 is 0 Å². The van der Waals surface area contributed by atoms with E-state index >= 15 is 0 Å². The molecule has 0 aromatic carbocycles. The number of aromatic nitrogens is 1. The molecule has 0 aliphatic rings. The average molecular weight is 235 g/mol. The number of rotatable bonds is 6. The van der Waals surface area contributed by atoms with Crippen LogP contribution in [0, 0.1) is 5.41 Å². The monoisotopic (exact) mass is 235 g/mol. The van der Waals surface area contributed by atoms with E-state index in [9.17, 15) is 4.79 Å². The molecule has 0 saturated carbocycles. The van der Waals surface area contributed by atoms with Crippen molar-refractivity contribution in [2.24, 2.45) is 11.1 Å². The lowest BCUT2D eigenvalue weighted by Crippen LogP contribution is -2.44. The van der Waals surface area contributed by atoms with Crippen molar-refractivity contribution in [3.63, 3.8) is 0 Å². The number of amides is 1. The van der Waals surface area contributed by atoms with Crippen LogP contribution in [0.3, 0.4) is 0 Å². The van der Waals surface area contributed by atoms with Gasteiger partial charge in [-0.1, -0.05) is 13.0 Å². The van der Waals surface area contributed by atoms with Crippen LogP contribution < -0.4 is 11.1 Å². The molecule has 0 radical (unpaired) electrons. The lowest BCUT2D eigenvalue weighted by molar-refractivity contribution is -0.129. The number of hydrogen-bond acceptors (Lipinski definition) is 3. The molecule has 0 bridgehead atoms. The predicted octanol–water partition coefficient (Wildman–Crippen LogP) is 1.12. The van der Waals surface area contributed by atoms with E-state index in [-0.39, 0.29) is 5.91 Å². The van der Waals surface area contributed by atoms with E-state index in [0.717, 1.165) is 18.4 Å². The zero-order chi connectivity index (χ0) is 12.7. The summed E-state index contributed by atoms with van der Waals surface area (Å²) in [5.74, 6) is 0.0337. The van der Waals surface area contributed by atoms with Gasteiger partial charge in [0.25, 0.3) is 0 Å². The van der Waals surface area contributed by atoms with Gasteiger partial charge < -0.3 is 11.1 Å². The molecule has 4 heteroatoms. The highest BCUT2D eigenvalue weighted by Crippen LogP contribution is 2.18. The third-order valence-electron chi connectivity index (χ3n) is 3.20. The fourth-order valence-electron chi connectivity index (χ4n) is 1.48. The molecule has 1 rings (SSSR count). The fourth-order valence-corrected chi connectivity index (χ4v) is 1.48. The molecule has 3 N–H and O–H groups in total. The molecular formula is C13H21N3O. The number of carbonyl (C=O) groups is 1. The number of hydrogen-bond donors (Lipinski definition) is 2. The van der Waals surface area contributed by atoms with Crippen molar-refractivity contribution in [3.05, 3.63) is 30.1 Å². The topological polar surface area (TPSA) is 68.0 Å². The Morgan fingerprint density at radius 1 is 1.59 bits per heavy atom. The van der Waals surface area contributed by atoms with Crippen molar-refractivity contribution in [2.75, 3.05) is 13.1 Å². The largest absolute Gasteiger partial charge is 0.355 e. The highest BCUT2D eigenvalue weighted by molar-refractivity contribution is 5.82. The summed E-state index contributed by atoms with van der Waals surface area (Å²) in [5.41, 5.74) is 6.30. The van der Waals surface area contributed by atoms with Gasteiger partial charge in [0.1, 0.15) is 0 Å². The van der Waals surface area contributed by atoms with Crippen molar-refractivity contribution in [3.8, 4) is 0 Å². The number of nitrogens with two attached hydrogens (primary N) is 1. The first-order chi connectivity index (χ1) is 8.12. The van der Waals surface area contributed by atoms with E-state index < -0.39 is 5.41 Å². The average Bonchev–Trinajstić information content (AvgIpc) is 2.39. The predicted molar refractivity (Wildman–Crippen MR) is 68.4 cm³/mol. The summed E-state index contributed by atoms with van der Waals surface area (Å²) in [6, 6.07) is 3.90. The second-order valence-corrected chi connectivity index (χ2v) is 4.49. The van der Waals surface area contributed by atoms with Gasteiger partial charge in [0, 0.05) is 25.5 Å². The first kappa shape index (κ1) is 13.6. The Labute approximate surface area is 103 Å². The Morgan fingerprint density at radius 3 is 2.88 bits per heavy atom. The van der Waals surface area contributed by atoms with Crippen LogP contribution in [0.4, 0.5) is 0 Å². The van der Waals surface area contributed by atoms with Gasteiger partial charge in [0.2, 0.25) is 5.91 Å². The van der Waals surface area contributed by atoms with E-state index in [0.29, 0.717) is 13.1 Å². The van der Waals surface area contributed by atoms with Crippen molar-refractivity contribution in [2.45, 2.75) is 26.7 Å². The minimum atomic E-state index is -0.449. The number of pyridine rings is 1. The Morgan fingerprint density at radius 2 is 2.35 bits per heavy atom. The highest BCUT2D eigenvalue weighted by Gasteiger charge is 2.28. The first-order valence-corrected chi connectivity index (χ1v) is 5.99. The van der Waals surface area contributed by atoms with Crippen molar-refractivity contribution < 1.29 is 4.79 Å². The van der Waals surface area contributed by atoms with Crippen LogP contribution in [-0.2, 0) is 11.2 Å². The number of carbonyl (C=O) groups excluding carboxylic acids is 1. The molecule has 0 saturated heterocycles. The van der Waals surface area contributed by atoms with Gasteiger partial charge in [-0.25, -0.2) is 0 Å². The number of nitrogens with one attached hydrogen (secondary N) is 1. The number of nitrogens with zero attached hydrogens (tertiary/aromatic N) is 1. The van der Waals surface area contributed by atoms with Crippen molar-refractivity contribution in [1.29, 1.82) is 0 Å². The van der Waals surface area contributed by atoms with Gasteiger partial charge in [-0.3, -0.25) is 9.78 Å². The Balaban J connectivity index is 2.39. The Hall–Kier alpha value is -1.42. The fraction of sp³-hybridized carbons (Fsp3) is 0.538.